The second-order valence-corrected chi connectivity index (χ2v) is 3.45. The number of nitrogens with zero attached hydrogens (tertiary/aromatic N) is 4. The number of aromatic amines is 1. The van der Waals surface area contributed by atoms with Gasteiger partial charge in [-0.1, -0.05) is 18.9 Å². The van der Waals surface area contributed by atoms with E-state index in [1.807, 2.05) is 13.8 Å². The van der Waals surface area contributed by atoms with Crippen molar-refractivity contribution in [2.75, 3.05) is 18.9 Å². The van der Waals surface area contributed by atoms with E-state index in [1.54, 1.807) is 11.9 Å². The van der Waals surface area contributed by atoms with E-state index in [9.17, 15) is 4.79 Å². The zero-order chi connectivity index (χ0) is 10.6. The highest BCUT2D eigenvalue weighted by Gasteiger charge is 2.11. The van der Waals surface area contributed by atoms with E-state index in [1.165, 1.54) is 0 Å². The van der Waals surface area contributed by atoms with Crippen LogP contribution in [-0.4, -0.2) is 45.1 Å². The molecule has 0 saturated heterocycles. The maximum atomic E-state index is 11.4. The van der Waals surface area contributed by atoms with Crippen molar-refractivity contribution < 1.29 is 4.79 Å². The number of urea groups is 1. The number of hydrogen-bond donors (Lipinski definition) is 2. The number of anilines is 1. The molecule has 0 atom stereocenters. The van der Waals surface area contributed by atoms with Crippen LogP contribution in [0.1, 0.15) is 13.8 Å². The smallest absolute Gasteiger partial charge is 0.323 e. The molecule has 1 aromatic rings. The van der Waals surface area contributed by atoms with Crippen LogP contribution in [0.5, 0.6) is 0 Å². The number of carbonyl (C=O) groups excluding carboxylic acids is 1. The summed E-state index contributed by atoms with van der Waals surface area (Å²) >= 11 is 0. The van der Waals surface area contributed by atoms with Crippen LogP contribution >= 0.6 is 0 Å². The van der Waals surface area contributed by atoms with Gasteiger partial charge in [0.15, 0.2) is 0 Å². The molecule has 0 saturated carbocycles. The number of aromatic nitrogens is 4. The average Bonchev–Trinajstić information content (AvgIpc) is 2.55. The Kier molecular flexibility index (Phi) is 3.38. The Morgan fingerprint density at radius 3 is 2.86 bits per heavy atom. The summed E-state index contributed by atoms with van der Waals surface area (Å²) < 4.78 is 0. The second-order valence-electron chi connectivity index (χ2n) is 3.45. The minimum absolute atomic E-state index is 0.225. The Labute approximate surface area is 81.9 Å². The van der Waals surface area contributed by atoms with Crippen LogP contribution in [0.3, 0.4) is 0 Å². The number of carbonyl (C=O) groups is 1. The van der Waals surface area contributed by atoms with Crippen LogP contribution in [0, 0.1) is 5.92 Å². The number of H-pyrrole nitrogens is 1. The number of hydrogen-bond acceptors (Lipinski definition) is 4. The second kappa shape index (κ2) is 4.54. The Balaban J connectivity index is 2.42. The molecule has 7 nitrogen and oxygen atoms in total. The molecular formula is C7H14N6O. The first-order chi connectivity index (χ1) is 6.59. The van der Waals surface area contributed by atoms with Gasteiger partial charge in [0.2, 0.25) is 5.95 Å². The Hall–Kier alpha value is -1.66. The van der Waals surface area contributed by atoms with Gasteiger partial charge in [0.25, 0.3) is 0 Å². The first kappa shape index (κ1) is 10.4. The molecule has 0 aliphatic rings. The summed E-state index contributed by atoms with van der Waals surface area (Å²) in [6.07, 6.45) is 0. The normalized spacial score (nSPS) is 10.3. The lowest BCUT2D eigenvalue weighted by molar-refractivity contribution is 0.217. The first-order valence-electron chi connectivity index (χ1n) is 4.35. The maximum Gasteiger partial charge on any atom is 0.323 e. The lowest BCUT2D eigenvalue weighted by Gasteiger charge is -2.18. The summed E-state index contributed by atoms with van der Waals surface area (Å²) in [6.45, 7) is 4.77. The quantitative estimate of drug-likeness (QED) is 0.732. The third kappa shape index (κ3) is 3.00. The fourth-order valence-corrected chi connectivity index (χ4v) is 1.04. The summed E-state index contributed by atoms with van der Waals surface area (Å²) in [5, 5.41) is 15.2. The fraction of sp³-hybridized carbons (Fsp3) is 0.714. The molecule has 1 aromatic heterocycles. The van der Waals surface area contributed by atoms with E-state index >= 15 is 0 Å². The molecule has 0 fully saturated rings. The molecule has 78 valence electrons. The molecule has 2 amide bonds. The van der Waals surface area contributed by atoms with Gasteiger partial charge in [-0.05, 0) is 16.3 Å². The molecular weight excluding hydrogens is 184 g/mol. The van der Waals surface area contributed by atoms with Crippen molar-refractivity contribution in [1.82, 2.24) is 25.5 Å². The highest BCUT2D eigenvalue weighted by atomic mass is 16.2. The molecule has 1 rings (SSSR count). The molecule has 0 aliphatic heterocycles. The monoisotopic (exact) mass is 198 g/mol. The first-order valence-corrected chi connectivity index (χ1v) is 4.35. The topological polar surface area (TPSA) is 86.8 Å². The van der Waals surface area contributed by atoms with Crippen LogP contribution in [0.2, 0.25) is 0 Å². The Morgan fingerprint density at radius 1 is 1.64 bits per heavy atom. The van der Waals surface area contributed by atoms with Crippen LogP contribution < -0.4 is 5.32 Å². The largest absolute Gasteiger partial charge is 0.327 e. The molecule has 0 aromatic carbocycles. The number of amides is 2. The zero-order valence-electron chi connectivity index (χ0n) is 8.48. The predicted octanol–water partition coefficient (Wildman–Crippen LogP) is 0.319. The van der Waals surface area contributed by atoms with E-state index in [2.05, 4.69) is 25.9 Å². The van der Waals surface area contributed by atoms with Crippen molar-refractivity contribution in [3.8, 4) is 0 Å². The van der Waals surface area contributed by atoms with Crippen molar-refractivity contribution in [2.45, 2.75) is 13.8 Å². The molecule has 0 aliphatic carbocycles. The van der Waals surface area contributed by atoms with Gasteiger partial charge in [-0.2, -0.15) is 0 Å². The van der Waals surface area contributed by atoms with Crippen molar-refractivity contribution in [3.05, 3.63) is 0 Å². The van der Waals surface area contributed by atoms with Crippen molar-refractivity contribution in [2.24, 2.45) is 5.92 Å². The van der Waals surface area contributed by atoms with Gasteiger partial charge in [0.1, 0.15) is 0 Å². The van der Waals surface area contributed by atoms with E-state index < -0.39 is 0 Å². The predicted molar refractivity (Wildman–Crippen MR) is 50.7 cm³/mol. The lowest BCUT2D eigenvalue weighted by atomic mass is 10.2. The van der Waals surface area contributed by atoms with E-state index in [0.29, 0.717) is 12.5 Å². The van der Waals surface area contributed by atoms with Gasteiger partial charge in [0, 0.05) is 13.6 Å². The van der Waals surface area contributed by atoms with Crippen molar-refractivity contribution in [1.29, 1.82) is 0 Å². The molecule has 14 heavy (non-hydrogen) atoms. The summed E-state index contributed by atoms with van der Waals surface area (Å²) in [6, 6.07) is -0.225. The number of rotatable bonds is 3. The van der Waals surface area contributed by atoms with E-state index in [-0.39, 0.29) is 12.0 Å². The Bertz CT molecular complexity index is 282. The molecule has 0 spiro atoms. The van der Waals surface area contributed by atoms with Crippen LogP contribution in [0.15, 0.2) is 0 Å². The summed E-state index contributed by atoms with van der Waals surface area (Å²) in [5.74, 6) is 0.684. The van der Waals surface area contributed by atoms with Gasteiger partial charge in [-0.25, -0.2) is 9.89 Å². The summed E-state index contributed by atoms with van der Waals surface area (Å²) in [7, 11) is 1.72. The highest BCUT2D eigenvalue weighted by molar-refractivity contribution is 5.86. The molecule has 0 bridgehead atoms. The standard InChI is InChI=1S/C7H14N6O/c1-5(2)4-13(3)7(14)8-6-9-11-12-10-6/h5H,4H2,1-3H3,(H2,8,9,10,11,12,14). The average molecular weight is 198 g/mol. The van der Waals surface area contributed by atoms with Crippen molar-refractivity contribution in [3.63, 3.8) is 0 Å². The molecule has 1 heterocycles. The zero-order valence-corrected chi connectivity index (χ0v) is 8.48. The molecule has 0 unspecified atom stereocenters. The van der Waals surface area contributed by atoms with Crippen LogP contribution in [0.4, 0.5) is 10.7 Å². The SMILES string of the molecule is CC(C)CN(C)C(=O)Nc1nnn[nH]1. The summed E-state index contributed by atoms with van der Waals surface area (Å²) in [5.41, 5.74) is 0. The van der Waals surface area contributed by atoms with Crippen molar-refractivity contribution >= 4 is 12.0 Å². The maximum absolute atomic E-state index is 11.4. The fourth-order valence-electron chi connectivity index (χ4n) is 1.04. The Morgan fingerprint density at radius 2 is 2.36 bits per heavy atom. The number of tetrazole rings is 1. The molecule has 7 heteroatoms. The lowest BCUT2D eigenvalue weighted by Crippen LogP contribution is -2.34. The third-order valence-corrected chi connectivity index (χ3v) is 1.56. The van der Waals surface area contributed by atoms with Gasteiger partial charge < -0.3 is 4.90 Å². The van der Waals surface area contributed by atoms with Crippen LogP contribution in [-0.2, 0) is 0 Å². The van der Waals surface area contributed by atoms with E-state index in [0.717, 1.165) is 0 Å². The van der Waals surface area contributed by atoms with Gasteiger partial charge >= 0.3 is 6.03 Å². The van der Waals surface area contributed by atoms with E-state index in [4.69, 9.17) is 0 Å². The highest BCUT2D eigenvalue weighted by Crippen LogP contribution is 1.99. The van der Waals surface area contributed by atoms with Gasteiger partial charge in [-0.3, -0.25) is 5.32 Å². The van der Waals surface area contributed by atoms with Crippen LogP contribution in [0.25, 0.3) is 0 Å². The van der Waals surface area contributed by atoms with Gasteiger partial charge in [-0.15, -0.1) is 0 Å². The minimum Gasteiger partial charge on any atom is -0.327 e. The summed E-state index contributed by atoms with van der Waals surface area (Å²) in [4.78, 5) is 13.0. The number of nitrogens with one attached hydrogen (secondary N) is 2. The minimum atomic E-state index is -0.225. The molecule has 2 N–H and O–H groups in total. The van der Waals surface area contributed by atoms with Gasteiger partial charge in [0.05, 0.1) is 0 Å². The molecule has 0 radical (unpaired) electrons. The third-order valence-electron chi connectivity index (χ3n) is 1.56.